The van der Waals surface area contributed by atoms with Crippen molar-refractivity contribution >= 4 is 17.6 Å². The zero-order chi connectivity index (χ0) is 14.1. The van der Waals surface area contributed by atoms with Gasteiger partial charge in [0, 0.05) is 18.8 Å². The van der Waals surface area contributed by atoms with E-state index in [2.05, 4.69) is 5.32 Å². The van der Waals surface area contributed by atoms with E-state index in [0.29, 0.717) is 6.54 Å². The van der Waals surface area contributed by atoms with Gasteiger partial charge in [-0.15, -0.1) is 0 Å². The average molecular weight is 274 g/mol. The summed E-state index contributed by atoms with van der Waals surface area (Å²) in [5, 5.41) is 12.3. The predicted octanol–water partition coefficient (Wildman–Crippen LogP) is 1.27. The van der Waals surface area contributed by atoms with Gasteiger partial charge in [-0.2, -0.15) is 0 Å². The Morgan fingerprint density at radius 2 is 2.20 bits per heavy atom. The standard InChI is InChI=1S/C15H18N2O3/c18-14(12-2-1-6-16-9-12)17-7-5-10-8-11(15(19)20)3-4-13(10)17/h3-4,8,12,16H,1-2,5-7,9H2,(H,19,20). The number of carbonyl (C=O) groups excluding carboxylic acids is 1. The summed E-state index contributed by atoms with van der Waals surface area (Å²) in [5.74, 6) is -0.707. The van der Waals surface area contributed by atoms with Crippen LogP contribution in [0.15, 0.2) is 18.2 Å². The molecule has 2 aliphatic heterocycles. The van der Waals surface area contributed by atoms with E-state index in [1.807, 2.05) is 4.90 Å². The number of nitrogens with zero attached hydrogens (tertiary/aromatic N) is 1. The van der Waals surface area contributed by atoms with Crippen molar-refractivity contribution in [3.8, 4) is 0 Å². The van der Waals surface area contributed by atoms with Crippen molar-refractivity contribution in [2.45, 2.75) is 19.3 Å². The largest absolute Gasteiger partial charge is 0.478 e. The summed E-state index contributed by atoms with van der Waals surface area (Å²) < 4.78 is 0. The molecule has 106 valence electrons. The number of piperidine rings is 1. The molecule has 0 aromatic heterocycles. The molecule has 20 heavy (non-hydrogen) atoms. The molecule has 0 radical (unpaired) electrons. The second-order valence-electron chi connectivity index (χ2n) is 5.43. The van der Waals surface area contributed by atoms with Crippen molar-refractivity contribution in [1.82, 2.24) is 5.32 Å². The van der Waals surface area contributed by atoms with Gasteiger partial charge in [0.05, 0.1) is 11.5 Å². The molecule has 1 amide bonds. The molecule has 5 heteroatoms. The fourth-order valence-corrected chi connectivity index (χ4v) is 3.05. The van der Waals surface area contributed by atoms with Gasteiger partial charge in [0.15, 0.2) is 0 Å². The molecule has 0 aliphatic carbocycles. The zero-order valence-corrected chi connectivity index (χ0v) is 11.3. The summed E-state index contributed by atoms with van der Waals surface area (Å²) in [7, 11) is 0. The van der Waals surface area contributed by atoms with Gasteiger partial charge in [-0.05, 0) is 49.6 Å². The first-order valence-electron chi connectivity index (χ1n) is 7.05. The van der Waals surface area contributed by atoms with Crippen LogP contribution in [0.2, 0.25) is 0 Å². The Morgan fingerprint density at radius 1 is 1.35 bits per heavy atom. The lowest BCUT2D eigenvalue weighted by Gasteiger charge is -2.27. The molecular formula is C15H18N2O3. The first kappa shape index (κ1) is 13.1. The molecule has 3 rings (SSSR count). The zero-order valence-electron chi connectivity index (χ0n) is 11.3. The van der Waals surface area contributed by atoms with Gasteiger partial charge in [0.25, 0.3) is 0 Å². The first-order chi connectivity index (χ1) is 9.66. The third kappa shape index (κ3) is 2.29. The summed E-state index contributed by atoms with van der Waals surface area (Å²) in [6.07, 6.45) is 2.71. The molecule has 1 saturated heterocycles. The Morgan fingerprint density at radius 3 is 2.90 bits per heavy atom. The molecule has 5 nitrogen and oxygen atoms in total. The van der Waals surface area contributed by atoms with E-state index in [-0.39, 0.29) is 17.4 Å². The molecule has 1 atom stereocenters. The number of aromatic carboxylic acids is 1. The molecule has 0 bridgehead atoms. The molecule has 1 aromatic carbocycles. The smallest absolute Gasteiger partial charge is 0.335 e. The van der Waals surface area contributed by atoms with Crippen LogP contribution in [0.25, 0.3) is 0 Å². The van der Waals surface area contributed by atoms with Gasteiger partial charge in [-0.25, -0.2) is 4.79 Å². The summed E-state index contributed by atoms with van der Waals surface area (Å²) in [4.78, 5) is 25.3. The molecule has 2 aliphatic rings. The predicted molar refractivity (Wildman–Crippen MR) is 75.1 cm³/mol. The van der Waals surface area contributed by atoms with E-state index < -0.39 is 5.97 Å². The maximum atomic E-state index is 12.6. The van der Waals surface area contributed by atoms with Crippen LogP contribution >= 0.6 is 0 Å². The minimum atomic E-state index is -0.922. The number of fused-ring (bicyclic) bond motifs is 1. The summed E-state index contributed by atoms with van der Waals surface area (Å²) in [5.41, 5.74) is 2.13. The lowest BCUT2D eigenvalue weighted by atomic mass is 9.98. The number of carbonyl (C=O) groups is 2. The van der Waals surface area contributed by atoms with Crippen molar-refractivity contribution in [1.29, 1.82) is 0 Å². The van der Waals surface area contributed by atoms with Crippen molar-refractivity contribution in [3.05, 3.63) is 29.3 Å². The average Bonchev–Trinajstić information content (AvgIpc) is 2.90. The van der Waals surface area contributed by atoms with Crippen molar-refractivity contribution in [3.63, 3.8) is 0 Å². The highest BCUT2D eigenvalue weighted by Gasteiger charge is 2.31. The van der Waals surface area contributed by atoms with Gasteiger partial charge < -0.3 is 15.3 Å². The van der Waals surface area contributed by atoms with Crippen molar-refractivity contribution < 1.29 is 14.7 Å². The van der Waals surface area contributed by atoms with Crippen LogP contribution in [0.3, 0.4) is 0 Å². The third-order valence-corrected chi connectivity index (χ3v) is 4.13. The molecule has 1 fully saturated rings. The Bertz CT molecular complexity index is 550. The number of rotatable bonds is 2. The number of carboxylic acids is 1. The second kappa shape index (κ2) is 5.25. The summed E-state index contributed by atoms with van der Waals surface area (Å²) in [6.45, 7) is 2.40. The fourth-order valence-electron chi connectivity index (χ4n) is 3.05. The van der Waals surface area contributed by atoms with Gasteiger partial charge in [0.1, 0.15) is 0 Å². The lowest BCUT2D eigenvalue weighted by molar-refractivity contribution is -0.122. The van der Waals surface area contributed by atoms with Crippen LogP contribution in [-0.4, -0.2) is 36.6 Å². The van der Waals surface area contributed by atoms with Gasteiger partial charge in [0.2, 0.25) is 5.91 Å². The van der Waals surface area contributed by atoms with E-state index in [0.717, 1.165) is 43.6 Å². The normalized spacial score (nSPS) is 21.6. The van der Waals surface area contributed by atoms with Crippen LogP contribution in [0.5, 0.6) is 0 Å². The number of anilines is 1. The van der Waals surface area contributed by atoms with Crippen LogP contribution in [0, 0.1) is 5.92 Å². The number of amides is 1. The van der Waals surface area contributed by atoms with Crippen LogP contribution in [0.1, 0.15) is 28.8 Å². The molecule has 0 spiro atoms. The number of nitrogens with one attached hydrogen (secondary N) is 1. The van der Waals surface area contributed by atoms with Crippen LogP contribution in [-0.2, 0) is 11.2 Å². The Kier molecular flexibility index (Phi) is 3.44. The van der Waals surface area contributed by atoms with E-state index in [4.69, 9.17) is 5.11 Å². The minimum Gasteiger partial charge on any atom is -0.478 e. The second-order valence-corrected chi connectivity index (χ2v) is 5.43. The number of carboxylic acid groups (broad SMARTS) is 1. The maximum absolute atomic E-state index is 12.6. The third-order valence-electron chi connectivity index (χ3n) is 4.13. The monoisotopic (exact) mass is 274 g/mol. The highest BCUT2D eigenvalue weighted by molar-refractivity contribution is 5.98. The van der Waals surface area contributed by atoms with E-state index in [1.165, 1.54) is 0 Å². The van der Waals surface area contributed by atoms with Crippen LogP contribution < -0.4 is 10.2 Å². The molecule has 1 unspecified atom stereocenters. The summed E-state index contributed by atoms with van der Waals surface area (Å²) in [6, 6.07) is 5.02. The molecule has 2 heterocycles. The maximum Gasteiger partial charge on any atom is 0.335 e. The highest BCUT2D eigenvalue weighted by atomic mass is 16.4. The van der Waals surface area contributed by atoms with Crippen molar-refractivity contribution in [2.24, 2.45) is 5.92 Å². The highest BCUT2D eigenvalue weighted by Crippen LogP contribution is 2.31. The number of benzene rings is 1. The Hall–Kier alpha value is -1.88. The topological polar surface area (TPSA) is 69.6 Å². The fraction of sp³-hybridized carbons (Fsp3) is 0.467. The number of hydrogen-bond acceptors (Lipinski definition) is 3. The molecule has 0 saturated carbocycles. The Balaban J connectivity index is 1.81. The quantitative estimate of drug-likeness (QED) is 0.852. The lowest BCUT2D eigenvalue weighted by Crippen LogP contribution is -2.42. The first-order valence-corrected chi connectivity index (χ1v) is 7.05. The van der Waals surface area contributed by atoms with Crippen LogP contribution in [0.4, 0.5) is 5.69 Å². The summed E-state index contributed by atoms with van der Waals surface area (Å²) >= 11 is 0. The van der Waals surface area contributed by atoms with Gasteiger partial charge in [-0.3, -0.25) is 4.79 Å². The van der Waals surface area contributed by atoms with Crippen molar-refractivity contribution in [2.75, 3.05) is 24.5 Å². The van der Waals surface area contributed by atoms with Gasteiger partial charge in [-0.1, -0.05) is 0 Å². The Labute approximate surface area is 117 Å². The molecule has 2 N–H and O–H groups in total. The minimum absolute atomic E-state index is 0.0499. The molecular weight excluding hydrogens is 256 g/mol. The van der Waals surface area contributed by atoms with E-state index >= 15 is 0 Å². The van der Waals surface area contributed by atoms with Gasteiger partial charge >= 0.3 is 5.97 Å². The van der Waals surface area contributed by atoms with E-state index in [9.17, 15) is 9.59 Å². The number of hydrogen-bond donors (Lipinski definition) is 2. The molecule has 1 aromatic rings. The SMILES string of the molecule is O=C(O)c1ccc2c(c1)CCN2C(=O)C1CCCNC1. The van der Waals surface area contributed by atoms with E-state index in [1.54, 1.807) is 18.2 Å².